The first-order valence-corrected chi connectivity index (χ1v) is 9.08. The molecule has 7 nitrogen and oxygen atoms in total. The van der Waals surface area contributed by atoms with Crippen molar-refractivity contribution in [3.8, 4) is 0 Å². The SMILES string of the molecule is CC1=C(C(=O)Nc2ccc3[nH]ncc3c2)C(c2ccc(F)cc2)N(C)C(=O)N1C. The predicted octanol–water partition coefficient (Wildman–Crippen LogP) is 3.65. The lowest BCUT2D eigenvalue weighted by molar-refractivity contribution is -0.113. The number of hydrogen-bond acceptors (Lipinski definition) is 3. The number of aromatic nitrogens is 2. The van der Waals surface area contributed by atoms with Gasteiger partial charge in [-0.05, 0) is 42.8 Å². The molecule has 3 aromatic rings. The lowest BCUT2D eigenvalue weighted by Crippen LogP contribution is -2.47. The van der Waals surface area contributed by atoms with Crippen LogP contribution in [0.2, 0.25) is 0 Å². The van der Waals surface area contributed by atoms with Crippen molar-refractivity contribution in [2.24, 2.45) is 0 Å². The van der Waals surface area contributed by atoms with Crippen LogP contribution in [0.5, 0.6) is 0 Å². The van der Waals surface area contributed by atoms with Crippen molar-refractivity contribution in [3.63, 3.8) is 0 Å². The van der Waals surface area contributed by atoms with Gasteiger partial charge < -0.3 is 15.1 Å². The third-order valence-corrected chi connectivity index (χ3v) is 5.27. The average Bonchev–Trinajstić information content (AvgIpc) is 3.17. The van der Waals surface area contributed by atoms with E-state index in [0.717, 1.165) is 10.9 Å². The van der Waals surface area contributed by atoms with Gasteiger partial charge in [0.1, 0.15) is 5.82 Å². The molecule has 0 aliphatic carbocycles. The Bertz CT molecular complexity index is 1140. The van der Waals surface area contributed by atoms with Crippen LogP contribution in [0.15, 0.2) is 59.9 Å². The van der Waals surface area contributed by atoms with Crippen LogP contribution in [-0.4, -0.2) is 46.0 Å². The number of fused-ring (bicyclic) bond motifs is 1. The summed E-state index contributed by atoms with van der Waals surface area (Å²) in [6.07, 6.45) is 1.68. The molecule has 0 fully saturated rings. The zero-order valence-electron chi connectivity index (χ0n) is 16.2. The van der Waals surface area contributed by atoms with Crippen molar-refractivity contribution >= 4 is 28.5 Å². The van der Waals surface area contributed by atoms with Crippen LogP contribution in [-0.2, 0) is 4.79 Å². The molecule has 1 unspecified atom stereocenters. The number of hydrogen-bond donors (Lipinski definition) is 2. The van der Waals surface area contributed by atoms with E-state index in [-0.39, 0.29) is 17.8 Å². The highest BCUT2D eigenvalue weighted by Crippen LogP contribution is 2.36. The summed E-state index contributed by atoms with van der Waals surface area (Å²) < 4.78 is 13.4. The molecule has 1 aliphatic rings. The minimum Gasteiger partial charge on any atom is -0.322 e. The second-order valence-electron chi connectivity index (χ2n) is 7.03. The van der Waals surface area contributed by atoms with E-state index in [2.05, 4.69) is 15.5 Å². The minimum atomic E-state index is -0.628. The van der Waals surface area contributed by atoms with E-state index in [1.807, 2.05) is 12.1 Å². The Kier molecular flexibility index (Phi) is 4.54. The summed E-state index contributed by atoms with van der Waals surface area (Å²) >= 11 is 0. The van der Waals surface area contributed by atoms with Gasteiger partial charge >= 0.3 is 6.03 Å². The maximum Gasteiger partial charge on any atom is 0.324 e. The zero-order chi connectivity index (χ0) is 20.7. The summed E-state index contributed by atoms with van der Waals surface area (Å²) in [6.45, 7) is 1.73. The molecule has 0 saturated carbocycles. The highest BCUT2D eigenvalue weighted by Gasteiger charge is 2.38. The normalized spacial score (nSPS) is 17.2. The van der Waals surface area contributed by atoms with Gasteiger partial charge in [0, 0.05) is 30.9 Å². The molecule has 0 bridgehead atoms. The Hall–Kier alpha value is -3.68. The average molecular weight is 393 g/mol. The molecule has 2 aromatic carbocycles. The smallest absolute Gasteiger partial charge is 0.322 e. The molecular weight excluding hydrogens is 373 g/mol. The second kappa shape index (κ2) is 7.05. The molecule has 3 amide bonds. The number of likely N-dealkylation sites (N-methyl/N-ethyl adjacent to an activating group) is 1. The van der Waals surface area contributed by atoms with Crippen LogP contribution < -0.4 is 5.32 Å². The molecule has 1 atom stereocenters. The highest BCUT2D eigenvalue weighted by molar-refractivity contribution is 6.07. The Labute approximate surface area is 166 Å². The zero-order valence-corrected chi connectivity index (χ0v) is 16.2. The lowest BCUT2D eigenvalue weighted by atomic mass is 9.93. The molecule has 4 rings (SSSR count). The first-order valence-electron chi connectivity index (χ1n) is 9.08. The van der Waals surface area contributed by atoms with Crippen molar-refractivity contribution in [2.75, 3.05) is 19.4 Å². The minimum absolute atomic E-state index is 0.242. The molecule has 2 N–H and O–H groups in total. The highest BCUT2D eigenvalue weighted by atomic mass is 19.1. The molecule has 0 radical (unpaired) electrons. The van der Waals surface area contributed by atoms with E-state index < -0.39 is 6.04 Å². The number of H-pyrrole nitrogens is 1. The second-order valence-corrected chi connectivity index (χ2v) is 7.03. The number of urea groups is 1. The van der Waals surface area contributed by atoms with Crippen molar-refractivity contribution in [2.45, 2.75) is 13.0 Å². The van der Waals surface area contributed by atoms with Crippen molar-refractivity contribution in [3.05, 3.63) is 71.3 Å². The van der Waals surface area contributed by atoms with Gasteiger partial charge in [-0.2, -0.15) is 5.10 Å². The molecule has 29 heavy (non-hydrogen) atoms. The summed E-state index contributed by atoms with van der Waals surface area (Å²) in [4.78, 5) is 28.8. The maximum absolute atomic E-state index is 13.4. The third kappa shape index (κ3) is 3.22. The molecule has 148 valence electrons. The summed E-state index contributed by atoms with van der Waals surface area (Å²) in [5, 5.41) is 10.6. The fraction of sp³-hybridized carbons (Fsp3) is 0.190. The number of benzene rings is 2. The van der Waals surface area contributed by atoms with E-state index in [4.69, 9.17) is 0 Å². The van der Waals surface area contributed by atoms with E-state index in [1.165, 1.54) is 21.9 Å². The molecular formula is C21H20FN5O2. The fourth-order valence-electron chi connectivity index (χ4n) is 3.61. The van der Waals surface area contributed by atoms with Gasteiger partial charge in [0.2, 0.25) is 0 Å². The van der Waals surface area contributed by atoms with Gasteiger partial charge in [0.15, 0.2) is 0 Å². The van der Waals surface area contributed by atoms with Crippen LogP contribution >= 0.6 is 0 Å². The van der Waals surface area contributed by atoms with Gasteiger partial charge in [-0.15, -0.1) is 0 Å². The van der Waals surface area contributed by atoms with Gasteiger partial charge in [0.05, 0.1) is 23.3 Å². The summed E-state index contributed by atoms with van der Waals surface area (Å²) in [5.74, 6) is -0.707. The van der Waals surface area contributed by atoms with E-state index in [0.29, 0.717) is 22.5 Å². The first kappa shape index (κ1) is 18.7. The van der Waals surface area contributed by atoms with Crippen LogP contribution in [0, 0.1) is 5.82 Å². The number of aromatic amines is 1. The largest absolute Gasteiger partial charge is 0.324 e. The number of rotatable bonds is 3. The third-order valence-electron chi connectivity index (χ3n) is 5.27. The van der Waals surface area contributed by atoms with E-state index in [9.17, 15) is 14.0 Å². The number of halogens is 1. The van der Waals surface area contributed by atoms with Crippen LogP contribution in [0.4, 0.5) is 14.9 Å². The van der Waals surface area contributed by atoms with E-state index in [1.54, 1.807) is 45.4 Å². The van der Waals surface area contributed by atoms with Gasteiger partial charge in [0.25, 0.3) is 5.91 Å². The Balaban J connectivity index is 1.74. The van der Waals surface area contributed by atoms with E-state index >= 15 is 0 Å². The fourth-order valence-corrected chi connectivity index (χ4v) is 3.61. The molecule has 1 aromatic heterocycles. The Morgan fingerprint density at radius 3 is 2.62 bits per heavy atom. The van der Waals surface area contributed by atoms with Crippen molar-refractivity contribution in [1.29, 1.82) is 0 Å². The number of nitrogens with one attached hydrogen (secondary N) is 2. The molecule has 0 saturated heterocycles. The van der Waals surface area contributed by atoms with Gasteiger partial charge in [-0.1, -0.05) is 12.1 Å². The Morgan fingerprint density at radius 2 is 1.90 bits per heavy atom. The van der Waals surface area contributed by atoms with Crippen LogP contribution in [0.1, 0.15) is 18.5 Å². The monoisotopic (exact) mass is 393 g/mol. The standard InChI is InChI=1S/C21H20FN5O2/c1-12-18(20(28)24-16-8-9-17-14(10-16)11-23-25-17)19(27(3)21(29)26(12)2)13-4-6-15(22)7-5-13/h4-11,19H,1-3H3,(H,23,25)(H,24,28). The number of carbonyl (C=O) groups excluding carboxylic acids is 2. The summed E-state index contributed by atoms with van der Waals surface area (Å²) in [5.41, 5.74) is 3.11. The molecule has 8 heteroatoms. The molecule has 2 heterocycles. The van der Waals surface area contributed by atoms with Crippen LogP contribution in [0.3, 0.4) is 0 Å². The Morgan fingerprint density at radius 1 is 1.17 bits per heavy atom. The van der Waals surface area contributed by atoms with Gasteiger partial charge in [-0.25, -0.2) is 9.18 Å². The van der Waals surface area contributed by atoms with Crippen molar-refractivity contribution < 1.29 is 14.0 Å². The maximum atomic E-state index is 13.4. The number of amides is 3. The summed E-state index contributed by atoms with van der Waals surface area (Å²) in [7, 11) is 3.25. The number of nitrogens with zero attached hydrogens (tertiary/aromatic N) is 3. The summed E-state index contributed by atoms with van der Waals surface area (Å²) in [6, 6.07) is 10.4. The first-order chi connectivity index (χ1) is 13.9. The molecule has 1 aliphatic heterocycles. The number of allylic oxidation sites excluding steroid dienone is 1. The van der Waals surface area contributed by atoms with Crippen LogP contribution in [0.25, 0.3) is 10.9 Å². The predicted molar refractivity (Wildman–Crippen MR) is 107 cm³/mol. The number of carbonyl (C=O) groups is 2. The topological polar surface area (TPSA) is 81.3 Å². The molecule has 0 spiro atoms. The van der Waals surface area contributed by atoms with Gasteiger partial charge in [-0.3, -0.25) is 9.89 Å². The van der Waals surface area contributed by atoms with Crippen molar-refractivity contribution in [1.82, 2.24) is 20.0 Å². The quantitative estimate of drug-likeness (QED) is 0.713. The number of anilines is 1. The lowest BCUT2D eigenvalue weighted by Gasteiger charge is -2.39.